The molecule has 0 unspecified atom stereocenters. The van der Waals surface area contributed by atoms with Gasteiger partial charge in [0.2, 0.25) is 5.91 Å². The number of carboxylic acid groups (broad SMARTS) is 1. The summed E-state index contributed by atoms with van der Waals surface area (Å²) in [5.41, 5.74) is 1.34. The number of carbonyl (C=O) groups excluding carboxylic acids is 3. The lowest BCUT2D eigenvalue weighted by Crippen LogP contribution is -2.39. The lowest BCUT2D eigenvalue weighted by molar-refractivity contribution is -0.144. The summed E-state index contributed by atoms with van der Waals surface area (Å²) in [5, 5.41) is 11.7. The van der Waals surface area contributed by atoms with E-state index in [1.165, 1.54) is 13.0 Å². The first-order chi connectivity index (χ1) is 12.3. The highest BCUT2D eigenvalue weighted by atomic mass is 16.4. The first-order valence-electron chi connectivity index (χ1n) is 8.40. The zero-order valence-corrected chi connectivity index (χ0v) is 14.8. The minimum atomic E-state index is -0.834. The quantitative estimate of drug-likeness (QED) is 0.620. The van der Waals surface area contributed by atoms with Crippen molar-refractivity contribution in [1.29, 1.82) is 0 Å². The fourth-order valence-corrected chi connectivity index (χ4v) is 2.71. The molecule has 1 aliphatic heterocycles. The summed E-state index contributed by atoms with van der Waals surface area (Å²) in [6.07, 6.45) is 2.10. The number of carboxylic acids is 1. The molecular weight excluding hydrogens is 336 g/mol. The van der Waals surface area contributed by atoms with Gasteiger partial charge < -0.3 is 15.3 Å². The van der Waals surface area contributed by atoms with Crippen LogP contribution in [-0.2, 0) is 14.4 Å². The van der Waals surface area contributed by atoms with Crippen LogP contribution in [0.1, 0.15) is 37.0 Å². The van der Waals surface area contributed by atoms with Crippen molar-refractivity contribution in [3.05, 3.63) is 41.5 Å². The van der Waals surface area contributed by atoms with Crippen molar-refractivity contribution in [3.63, 3.8) is 0 Å². The zero-order valence-electron chi connectivity index (χ0n) is 14.8. The molecule has 1 aromatic carbocycles. The smallest absolute Gasteiger partial charge is 0.306 e. The van der Waals surface area contributed by atoms with Crippen LogP contribution in [0.5, 0.6) is 0 Å². The molecule has 1 aliphatic rings. The van der Waals surface area contributed by atoms with Crippen molar-refractivity contribution >= 4 is 29.3 Å². The summed E-state index contributed by atoms with van der Waals surface area (Å²) in [7, 11) is 0. The first-order valence-corrected chi connectivity index (χ1v) is 8.40. The molecule has 0 bridgehead atoms. The minimum absolute atomic E-state index is 0.0591. The Hall–Kier alpha value is -2.96. The summed E-state index contributed by atoms with van der Waals surface area (Å²) < 4.78 is 0. The minimum Gasteiger partial charge on any atom is -0.481 e. The Labute approximate surface area is 151 Å². The highest BCUT2D eigenvalue weighted by Crippen LogP contribution is 2.18. The SMILES string of the molecule is CC(=O)c1ccc(NC(=O)/C(C)=C\C(=O)N2CCC(C(=O)O)CC2)cc1. The van der Waals surface area contributed by atoms with Gasteiger partial charge in [0.1, 0.15) is 0 Å². The van der Waals surface area contributed by atoms with E-state index >= 15 is 0 Å². The molecule has 26 heavy (non-hydrogen) atoms. The van der Waals surface area contributed by atoms with E-state index in [1.54, 1.807) is 36.1 Å². The monoisotopic (exact) mass is 358 g/mol. The second kappa shape index (κ2) is 8.42. The second-order valence-electron chi connectivity index (χ2n) is 6.35. The molecule has 1 heterocycles. The standard InChI is InChI=1S/C19H22N2O5/c1-12(11-17(23)21-9-7-15(8-10-21)19(25)26)18(24)20-16-5-3-14(4-6-16)13(2)22/h3-6,11,15H,7-10H2,1-2H3,(H,20,24)(H,25,26)/b12-11-. The Bertz CT molecular complexity index is 744. The van der Waals surface area contributed by atoms with E-state index in [9.17, 15) is 19.2 Å². The Morgan fingerprint density at radius 1 is 1.08 bits per heavy atom. The number of Topliss-reactive ketones (excluding diaryl/α,β-unsaturated/α-hetero) is 1. The van der Waals surface area contributed by atoms with Crippen LogP contribution in [-0.4, -0.2) is 46.7 Å². The van der Waals surface area contributed by atoms with Crippen molar-refractivity contribution in [2.75, 3.05) is 18.4 Å². The van der Waals surface area contributed by atoms with Crippen molar-refractivity contribution in [1.82, 2.24) is 4.90 Å². The van der Waals surface area contributed by atoms with Crippen LogP contribution in [0.15, 0.2) is 35.9 Å². The summed E-state index contributed by atoms with van der Waals surface area (Å²) >= 11 is 0. The third-order valence-corrected chi connectivity index (χ3v) is 4.40. The van der Waals surface area contributed by atoms with Gasteiger partial charge in [-0.3, -0.25) is 19.2 Å². The molecule has 2 rings (SSSR count). The second-order valence-corrected chi connectivity index (χ2v) is 6.35. The van der Waals surface area contributed by atoms with Crippen molar-refractivity contribution in [2.45, 2.75) is 26.7 Å². The maximum atomic E-state index is 12.2. The van der Waals surface area contributed by atoms with Crippen LogP contribution < -0.4 is 5.32 Å². The molecule has 7 nitrogen and oxygen atoms in total. The number of aliphatic carboxylic acids is 1. The lowest BCUT2D eigenvalue weighted by Gasteiger charge is -2.29. The molecular formula is C19H22N2O5. The Balaban J connectivity index is 1.93. The highest BCUT2D eigenvalue weighted by molar-refractivity contribution is 6.07. The molecule has 0 atom stereocenters. The van der Waals surface area contributed by atoms with Gasteiger partial charge in [-0.25, -0.2) is 0 Å². The van der Waals surface area contributed by atoms with E-state index in [0.29, 0.717) is 37.2 Å². The van der Waals surface area contributed by atoms with Gasteiger partial charge in [-0.15, -0.1) is 0 Å². The molecule has 1 fully saturated rings. The maximum Gasteiger partial charge on any atom is 0.306 e. The summed E-state index contributed by atoms with van der Waals surface area (Å²) in [4.78, 5) is 48.2. The number of likely N-dealkylation sites (tertiary alicyclic amines) is 1. The summed E-state index contributed by atoms with van der Waals surface area (Å²) in [6, 6.07) is 6.49. The number of nitrogens with one attached hydrogen (secondary N) is 1. The normalized spacial score (nSPS) is 15.5. The number of rotatable bonds is 5. The van der Waals surface area contributed by atoms with E-state index in [-0.39, 0.29) is 17.3 Å². The van der Waals surface area contributed by atoms with Crippen LogP contribution in [0, 0.1) is 5.92 Å². The predicted molar refractivity (Wildman–Crippen MR) is 95.8 cm³/mol. The third-order valence-electron chi connectivity index (χ3n) is 4.40. The fraction of sp³-hybridized carbons (Fsp3) is 0.368. The van der Waals surface area contributed by atoms with Gasteiger partial charge in [0.15, 0.2) is 5.78 Å². The number of benzene rings is 1. The number of carbonyl (C=O) groups is 4. The zero-order chi connectivity index (χ0) is 19.3. The first kappa shape index (κ1) is 19.4. The number of anilines is 1. The summed E-state index contributed by atoms with van der Waals surface area (Å²) in [6.45, 7) is 3.74. The topological polar surface area (TPSA) is 104 Å². The van der Waals surface area contributed by atoms with Crippen LogP contribution in [0.2, 0.25) is 0 Å². The molecule has 1 aromatic rings. The van der Waals surface area contributed by atoms with Crippen LogP contribution in [0.4, 0.5) is 5.69 Å². The highest BCUT2D eigenvalue weighted by Gasteiger charge is 2.26. The van der Waals surface area contributed by atoms with Gasteiger partial charge in [0.25, 0.3) is 5.91 Å². The Morgan fingerprint density at radius 2 is 1.65 bits per heavy atom. The largest absolute Gasteiger partial charge is 0.481 e. The van der Waals surface area contributed by atoms with Crippen LogP contribution in [0.25, 0.3) is 0 Å². The number of piperidine rings is 1. The van der Waals surface area contributed by atoms with Crippen LogP contribution >= 0.6 is 0 Å². The van der Waals surface area contributed by atoms with Gasteiger partial charge in [0.05, 0.1) is 5.92 Å². The van der Waals surface area contributed by atoms with Gasteiger partial charge in [-0.05, 0) is 51.0 Å². The fourth-order valence-electron chi connectivity index (χ4n) is 2.71. The molecule has 0 aromatic heterocycles. The lowest BCUT2D eigenvalue weighted by atomic mass is 9.97. The number of amides is 2. The molecule has 0 saturated carbocycles. The molecule has 2 N–H and O–H groups in total. The molecule has 7 heteroatoms. The molecule has 2 amide bonds. The molecule has 138 valence electrons. The molecule has 0 aliphatic carbocycles. The average molecular weight is 358 g/mol. The number of hydrogen-bond donors (Lipinski definition) is 2. The van der Waals surface area contributed by atoms with Crippen molar-refractivity contribution in [2.24, 2.45) is 5.92 Å². The van der Waals surface area contributed by atoms with Gasteiger partial charge in [0, 0.05) is 36.0 Å². The van der Waals surface area contributed by atoms with E-state index in [4.69, 9.17) is 5.11 Å². The Morgan fingerprint density at radius 3 is 2.15 bits per heavy atom. The maximum absolute atomic E-state index is 12.2. The van der Waals surface area contributed by atoms with Gasteiger partial charge >= 0.3 is 5.97 Å². The molecule has 0 spiro atoms. The van der Waals surface area contributed by atoms with Crippen molar-refractivity contribution < 1.29 is 24.3 Å². The molecule has 0 radical (unpaired) electrons. The van der Waals surface area contributed by atoms with E-state index in [2.05, 4.69) is 5.32 Å². The van der Waals surface area contributed by atoms with Crippen LogP contribution in [0.3, 0.4) is 0 Å². The third kappa shape index (κ3) is 5.02. The molecule has 1 saturated heterocycles. The van der Waals surface area contributed by atoms with E-state index in [1.807, 2.05) is 0 Å². The average Bonchev–Trinajstić information content (AvgIpc) is 2.62. The Kier molecular flexibility index (Phi) is 6.27. The number of hydrogen-bond acceptors (Lipinski definition) is 4. The number of nitrogens with zero attached hydrogens (tertiary/aromatic N) is 1. The van der Waals surface area contributed by atoms with Crippen molar-refractivity contribution in [3.8, 4) is 0 Å². The van der Waals surface area contributed by atoms with E-state index in [0.717, 1.165) is 0 Å². The van der Waals surface area contributed by atoms with E-state index < -0.39 is 17.8 Å². The van der Waals surface area contributed by atoms with Gasteiger partial charge in [-0.2, -0.15) is 0 Å². The van der Waals surface area contributed by atoms with Gasteiger partial charge in [-0.1, -0.05) is 0 Å². The summed E-state index contributed by atoms with van der Waals surface area (Å²) in [5.74, 6) is -2.01. The number of ketones is 1. The predicted octanol–water partition coefficient (Wildman–Crippen LogP) is 2.10.